The number of piperidine rings is 1. The minimum absolute atomic E-state index is 0.314. The second-order valence-corrected chi connectivity index (χ2v) is 5.67. The molecule has 0 aliphatic carbocycles. The molecule has 0 bridgehead atoms. The first-order valence-corrected chi connectivity index (χ1v) is 7.36. The van der Waals surface area contributed by atoms with Crippen LogP contribution in [0.3, 0.4) is 0 Å². The second-order valence-electron chi connectivity index (χ2n) is 5.67. The molecule has 20 heavy (non-hydrogen) atoms. The highest BCUT2D eigenvalue weighted by molar-refractivity contribution is 5.92. The van der Waals surface area contributed by atoms with E-state index in [0.29, 0.717) is 23.9 Å². The summed E-state index contributed by atoms with van der Waals surface area (Å²) < 4.78 is 5.00. The Morgan fingerprint density at radius 1 is 1.45 bits per heavy atom. The van der Waals surface area contributed by atoms with Gasteiger partial charge in [0.15, 0.2) is 0 Å². The number of esters is 1. The lowest BCUT2D eigenvalue weighted by atomic mass is 9.92. The van der Waals surface area contributed by atoms with Crippen LogP contribution in [-0.2, 0) is 4.74 Å². The van der Waals surface area contributed by atoms with Crippen molar-refractivity contribution >= 4 is 17.3 Å². The van der Waals surface area contributed by atoms with Crippen molar-refractivity contribution in [3.8, 4) is 0 Å². The largest absolute Gasteiger partial charge is 0.462 e. The van der Waals surface area contributed by atoms with E-state index in [0.717, 1.165) is 18.2 Å². The summed E-state index contributed by atoms with van der Waals surface area (Å²) in [5.41, 5.74) is 8.33. The number of nitrogens with two attached hydrogens (primary N) is 1. The van der Waals surface area contributed by atoms with Crippen molar-refractivity contribution in [1.82, 2.24) is 0 Å². The maximum Gasteiger partial charge on any atom is 0.338 e. The lowest BCUT2D eigenvalue weighted by Crippen LogP contribution is -2.40. The van der Waals surface area contributed by atoms with Gasteiger partial charge in [0.2, 0.25) is 0 Å². The molecule has 2 unspecified atom stereocenters. The summed E-state index contributed by atoms with van der Waals surface area (Å²) >= 11 is 0. The molecule has 0 saturated carbocycles. The smallest absolute Gasteiger partial charge is 0.338 e. The highest BCUT2D eigenvalue weighted by atomic mass is 16.5. The van der Waals surface area contributed by atoms with Crippen molar-refractivity contribution in [3.63, 3.8) is 0 Å². The zero-order chi connectivity index (χ0) is 14.7. The molecule has 0 spiro atoms. The molecule has 1 aliphatic heterocycles. The number of hydrogen-bond acceptors (Lipinski definition) is 4. The third-order valence-electron chi connectivity index (χ3n) is 3.99. The molecule has 1 aromatic rings. The van der Waals surface area contributed by atoms with Crippen LogP contribution in [0.15, 0.2) is 18.2 Å². The molecule has 1 saturated heterocycles. The van der Waals surface area contributed by atoms with Crippen LogP contribution < -0.4 is 10.6 Å². The number of hydrogen-bond donors (Lipinski definition) is 1. The van der Waals surface area contributed by atoms with Gasteiger partial charge in [0.25, 0.3) is 0 Å². The van der Waals surface area contributed by atoms with Gasteiger partial charge in [0.1, 0.15) is 0 Å². The number of nitrogen functional groups attached to an aromatic ring is 1. The minimum atomic E-state index is -0.314. The van der Waals surface area contributed by atoms with Gasteiger partial charge < -0.3 is 15.4 Å². The topological polar surface area (TPSA) is 55.6 Å². The Labute approximate surface area is 120 Å². The fourth-order valence-electron chi connectivity index (χ4n) is 2.92. The summed E-state index contributed by atoms with van der Waals surface area (Å²) in [6, 6.07) is 5.94. The zero-order valence-corrected chi connectivity index (χ0v) is 12.6. The van der Waals surface area contributed by atoms with Gasteiger partial charge in [0.05, 0.1) is 23.5 Å². The van der Waals surface area contributed by atoms with Crippen LogP contribution in [0.25, 0.3) is 0 Å². The summed E-state index contributed by atoms with van der Waals surface area (Å²) in [5, 5.41) is 0. The Morgan fingerprint density at radius 3 is 2.80 bits per heavy atom. The Kier molecular flexibility index (Phi) is 4.53. The summed E-state index contributed by atoms with van der Waals surface area (Å²) in [6.07, 6.45) is 2.36. The average molecular weight is 276 g/mol. The third-order valence-corrected chi connectivity index (χ3v) is 3.99. The van der Waals surface area contributed by atoms with E-state index in [4.69, 9.17) is 10.5 Å². The molecule has 0 aromatic heterocycles. The zero-order valence-electron chi connectivity index (χ0n) is 12.6. The van der Waals surface area contributed by atoms with Gasteiger partial charge in [-0.25, -0.2) is 4.79 Å². The van der Waals surface area contributed by atoms with Crippen LogP contribution in [0.1, 0.15) is 44.0 Å². The van der Waals surface area contributed by atoms with Crippen molar-refractivity contribution in [2.45, 2.75) is 39.7 Å². The lowest BCUT2D eigenvalue weighted by Gasteiger charge is -2.39. The number of anilines is 2. The third kappa shape index (κ3) is 3.06. The average Bonchev–Trinajstić information content (AvgIpc) is 2.40. The molecule has 4 nitrogen and oxygen atoms in total. The first-order chi connectivity index (χ1) is 9.52. The fourth-order valence-corrected chi connectivity index (χ4v) is 2.92. The summed E-state index contributed by atoms with van der Waals surface area (Å²) in [4.78, 5) is 14.0. The first-order valence-electron chi connectivity index (χ1n) is 7.36. The normalized spacial score (nSPS) is 22.6. The molecule has 1 aliphatic rings. The molecule has 2 N–H and O–H groups in total. The SMILES string of the molecule is CCOC(=O)c1ccc(N2CCC(C)CC2C)c(N)c1. The second kappa shape index (κ2) is 6.16. The van der Waals surface area contributed by atoms with Gasteiger partial charge in [-0.2, -0.15) is 0 Å². The molecule has 0 amide bonds. The van der Waals surface area contributed by atoms with Gasteiger partial charge in [-0.1, -0.05) is 6.92 Å². The van der Waals surface area contributed by atoms with Crippen molar-refractivity contribution < 1.29 is 9.53 Å². The Balaban J connectivity index is 2.19. The molecule has 2 atom stereocenters. The van der Waals surface area contributed by atoms with Crippen molar-refractivity contribution in [2.24, 2.45) is 5.92 Å². The molecule has 1 fully saturated rings. The molecule has 2 rings (SSSR count). The number of ether oxygens (including phenoxy) is 1. The molecule has 1 heterocycles. The van der Waals surface area contributed by atoms with E-state index in [1.807, 2.05) is 6.07 Å². The van der Waals surface area contributed by atoms with Crippen molar-refractivity contribution in [2.75, 3.05) is 23.8 Å². The summed E-state index contributed by atoms with van der Waals surface area (Å²) in [6.45, 7) is 7.72. The molecular weight excluding hydrogens is 252 g/mol. The fraction of sp³-hybridized carbons (Fsp3) is 0.562. The van der Waals surface area contributed by atoms with Gasteiger partial charge in [-0.3, -0.25) is 0 Å². The molecule has 0 radical (unpaired) electrons. The van der Waals surface area contributed by atoms with Gasteiger partial charge >= 0.3 is 5.97 Å². The standard InChI is InChI=1S/C16H24N2O2/c1-4-20-16(19)13-5-6-15(14(17)10-13)18-8-7-11(2)9-12(18)3/h5-6,10-12H,4,7-9,17H2,1-3H3. The van der Waals surface area contributed by atoms with Crippen molar-refractivity contribution in [1.29, 1.82) is 0 Å². The maximum atomic E-state index is 11.7. The van der Waals surface area contributed by atoms with Gasteiger partial charge in [0, 0.05) is 12.6 Å². The van der Waals surface area contributed by atoms with E-state index >= 15 is 0 Å². The van der Waals surface area contributed by atoms with Crippen LogP contribution in [0.4, 0.5) is 11.4 Å². The number of rotatable bonds is 3. The Hall–Kier alpha value is -1.71. The van der Waals surface area contributed by atoms with Crippen LogP contribution in [0.2, 0.25) is 0 Å². The van der Waals surface area contributed by atoms with E-state index in [1.54, 1.807) is 19.1 Å². The molecular formula is C16H24N2O2. The quantitative estimate of drug-likeness (QED) is 0.681. The van der Waals surface area contributed by atoms with Crippen molar-refractivity contribution in [3.05, 3.63) is 23.8 Å². The highest BCUT2D eigenvalue weighted by Crippen LogP contribution is 2.32. The lowest BCUT2D eigenvalue weighted by molar-refractivity contribution is 0.0526. The van der Waals surface area contributed by atoms with Crippen LogP contribution in [0, 0.1) is 5.92 Å². The highest BCUT2D eigenvalue weighted by Gasteiger charge is 2.24. The number of carbonyl (C=O) groups is 1. The summed E-state index contributed by atoms with van der Waals surface area (Å²) in [7, 11) is 0. The van der Waals surface area contributed by atoms with E-state index < -0.39 is 0 Å². The Bertz CT molecular complexity index is 487. The van der Waals surface area contributed by atoms with Crippen LogP contribution in [0.5, 0.6) is 0 Å². The first kappa shape index (κ1) is 14.7. The Morgan fingerprint density at radius 2 is 2.20 bits per heavy atom. The van der Waals surface area contributed by atoms with E-state index in [9.17, 15) is 4.79 Å². The number of benzene rings is 1. The molecule has 110 valence electrons. The predicted octanol–water partition coefficient (Wildman–Crippen LogP) is 3.07. The van der Waals surface area contributed by atoms with E-state index in [2.05, 4.69) is 18.7 Å². The molecule has 4 heteroatoms. The monoisotopic (exact) mass is 276 g/mol. The number of nitrogens with zero attached hydrogens (tertiary/aromatic N) is 1. The number of carbonyl (C=O) groups excluding carboxylic acids is 1. The van der Waals surface area contributed by atoms with E-state index in [-0.39, 0.29) is 5.97 Å². The summed E-state index contributed by atoms with van der Waals surface area (Å²) in [5.74, 6) is 0.451. The predicted molar refractivity (Wildman–Crippen MR) is 82.0 cm³/mol. The van der Waals surface area contributed by atoms with Crippen LogP contribution >= 0.6 is 0 Å². The van der Waals surface area contributed by atoms with Crippen LogP contribution in [-0.4, -0.2) is 25.2 Å². The minimum Gasteiger partial charge on any atom is -0.462 e. The van der Waals surface area contributed by atoms with Gasteiger partial charge in [-0.15, -0.1) is 0 Å². The van der Waals surface area contributed by atoms with E-state index in [1.165, 1.54) is 12.8 Å². The molecule has 1 aromatic carbocycles. The van der Waals surface area contributed by atoms with Gasteiger partial charge in [-0.05, 0) is 50.8 Å². The maximum absolute atomic E-state index is 11.7.